The lowest BCUT2D eigenvalue weighted by Gasteiger charge is -2.53. The van der Waals surface area contributed by atoms with Crippen molar-refractivity contribution in [1.29, 1.82) is 0 Å². The van der Waals surface area contributed by atoms with E-state index in [4.69, 9.17) is 0 Å². The Morgan fingerprint density at radius 3 is 2.11 bits per heavy atom. The first-order valence-electron chi connectivity index (χ1n) is 11.3. The number of likely N-dealkylation sites (tertiary alicyclic amines) is 1. The van der Waals surface area contributed by atoms with E-state index in [0.29, 0.717) is 12.0 Å². The second-order valence-electron chi connectivity index (χ2n) is 11.5. The molecule has 160 valence electrons. The number of carbonyl (C=O) groups excluding carboxylic acids is 2. The molecule has 0 unspecified atom stereocenters. The summed E-state index contributed by atoms with van der Waals surface area (Å²) in [6.07, 6.45) is 8.92. The first-order valence-corrected chi connectivity index (χ1v) is 11.3. The molecular weight excluding hydrogens is 350 g/mol. The van der Waals surface area contributed by atoms with Crippen LogP contribution in [0.5, 0.6) is 0 Å². The molecule has 1 heterocycles. The topological polar surface area (TPSA) is 61.4 Å². The van der Waals surface area contributed by atoms with E-state index in [9.17, 15) is 9.59 Å². The van der Waals surface area contributed by atoms with E-state index < -0.39 is 0 Å². The van der Waals surface area contributed by atoms with Crippen LogP contribution in [-0.2, 0) is 9.59 Å². The van der Waals surface area contributed by atoms with Crippen LogP contribution >= 0.6 is 0 Å². The van der Waals surface area contributed by atoms with Gasteiger partial charge in [0.2, 0.25) is 11.8 Å². The van der Waals surface area contributed by atoms with E-state index in [0.717, 1.165) is 57.5 Å². The Morgan fingerprint density at radius 1 is 1.00 bits per heavy atom. The minimum Gasteiger partial charge on any atom is -0.351 e. The zero-order valence-electron chi connectivity index (χ0n) is 18.7. The highest BCUT2D eigenvalue weighted by Gasteiger charge is 2.46. The third-order valence-electron chi connectivity index (χ3n) is 7.22. The van der Waals surface area contributed by atoms with Crippen molar-refractivity contribution < 1.29 is 9.59 Å². The molecule has 0 bridgehead atoms. The summed E-state index contributed by atoms with van der Waals surface area (Å²) in [5.41, 5.74) is 0.188. The van der Waals surface area contributed by atoms with Gasteiger partial charge < -0.3 is 10.6 Å². The lowest BCUT2D eigenvalue weighted by molar-refractivity contribution is -0.132. The van der Waals surface area contributed by atoms with Gasteiger partial charge in [0.1, 0.15) is 0 Å². The Labute approximate surface area is 171 Å². The number of nitrogens with zero attached hydrogens (tertiary/aromatic N) is 1. The van der Waals surface area contributed by atoms with Gasteiger partial charge in [-0.25, -0.2) is 0 Å². The third-order valence-corrected chi connectivity index (χ3v) is 7.22. The van der Waals surface area contributed by atoms with Gasteiger partial charge in [-0.15, -0.1) is 0 Å². The molecule has 5 nitrogen and oxygen atoms in total. The molecule has 1 aliphatic heterocycles. The van der Waals surface area contributed by atoms with Gasteiger partial charge >= 0.3 is 0 Å². The Balaban J connectivity index is 1.39. The molecule has 28 heavy (non-hydrogen) atoms. The fraction of sp³-hybridized carbons (Fsp3) is 0.913. The maximum Gasteiger partial charge on any atom is 0.234 e. The summed E-state index contributed by atoms with van der Waals surface area (Å²) < 4.78 is 0. The number of carbonyl (C=O) groups is 2. The number of hydrogen-bond donors (Lipinski definition) is 2. The third kappa shape index (κ3) is 5.49. The highest BCUT2D eigenvalue weighted by Crippen LogP contribution is 2.45. The molecule has 1 spiro atoms. The van der Waals surface area contributed by atoms with E-state index in [1.54, 1.807) is 0 Å². The molecule has 2 aliphatic carbocycles. The quantitative estimate of drug-likeness (QED) is 0.771. The van der Waals surface area contributed by atoms with Gasteiger partial charge in [-0.2, -0.15) is 0 Å². The summed E-state index contributed by atoms with van der Waals surface area (Å²) in [5.74, 6) is 1.38. The second kappa shape index (κ2) is 7.97. The summed E-state index contributed by atoms with van der Waals surface area (Å²) in [4.78, 5) is 27.2. The smallest absolute Gasteiger partial charge is 0.234 e. The van der Waals surface area contributed by atoms with E-state index >= 15 is 0 Å². The Hall–Kier alpha value is -1.10. The van der Waals surface area contributed by atoms with Crippen LogP contribution in [-0.4, -0.2) is 47.4 Å². The predicted octanol–water partition coefficient (Wildman–Crippen LogP) is 3.48. The normalized spacial score (nSPS) is 31.2. The number of rotatable bonds is 4. The van der Waals surface area contributed by atoms with Crippen molar-refractivity contribution in [1.82, 2.24) is 15.5 Å². The monoisotopic (exact) mass is 391 g/mol. The zero-order chi connectivity index (χ0) is 20.6. The molecule has 2 N–H and O–H groups in total. The molecule has 5 heteroatoms. The standard InChI is InChI=1S/C23H41N3O2/c1-17-6-10-22(5,11-7-17)25-20(28)18-8-12-23(13-9-18)15-26(16-23)14-19(27)24-21(2,3)4/h17-18H,6-16H2,1-5H3,(H,24,27)(H,25,28). The largest absolute Gasteiger partial charge is 0.351 e. The molecule has 0 aromatic heterocycles. The lowest BCUT2D eigenvalue weighted by atomic mass is 9.65. The van der Waals surface area contributed by atoms with Gasteiger partial charge in [-0.3, -0.25) is 14.5 Å². The van der Waals surface area contributed by atoms with Crippen LogP contribution in [0, 0.1) is 17.3 Å². The maximum atomic E-state index is 12.8. The molecule has 0 aromatic carbocycles. The van der Waals surface area contributed by atoms with Crippen LogP contribution in [0.4, 0.5) is 0 Å². The number of hydrogen-bond acceptors (Lipinski definition) is 3. The Bertz CT molecular complexity index is 571. The minimum absolute atomic E-state index is 0.00636. The van der Waals surface area contributed by atoms with Gasteiger partial charge in [0.05, 0.1) is 6.54 Å². The lowest BCUT2D eigenvalue weighted by Crippen LogP contribution is -2.61. The number of nitrogens with one attached hydrogen (secondary N) is 2. The fourth-order valence-corrected chi connectivity index (χ4v) is 5.41. The van der Waals surface area contributed by atoms with Gasteiger partial charge in [0.15, 0.2) is 0 Å². The van der Waals surface area contributed by atoms with Crippen LogP contribution in [0.15, 0.2) is 0 Å². The fourth-order valence-electron chi connectivity index (χ4n) is 5.41. The average molecular weight is 392 g/mol. The predicted molar refractivity (Wildman–Crippen MR) is 113 cm³/mol. The van der Waals surface area contributed by atoms with Gasteiger partial charge in [0.25, 0.3) is 0 Å². The molecule has 0 aromatic rings. The molecule has 2 amide bonds. The highest BCUT2D eigenvalue weighted by atomic mass is 16.2. The van der Waals surface area contributed by atoms with Crippen molar-refractivity contribution >= 4 is 11.8 Å². The van der Waals surface area contributed by atoms with Crippen LogP contribution in [0.3, 0.4) is 0 Å². The van der Waals surface area contributed by atoms with E-state index in [-0.39, 0.29) is 28.8 Å². The van der Waals surface area contributed by atoms with Gasteiger partial charge in [0, 0.05) is 30.1 Å². The van der Waals surface area contributed by atoms with Crippen LogP contribution in [0.1, 0.15) is 86.0 Å². The first kappa shape index (κ1) is 21.6. The highest BCUT2D eigenvalue weighted by molar-refractivity contribution is 5.80. The van der Waals surface area contributed by atoms with E-state index in [1.807, 2.05) is 20.8 Å². The molecular formula is C23H41N3O2. The number of amides is 2. The Morgan fingerprint density at radius 2 is 1.57 bits per heavy atom. The second-order valence-corrected chi connectivity index (χ2v) is 11.5. The SMILES string of the molecule is CC1CCC(C)(NC(=O)C2CCC3(CC2)CN(CC(=O)NC(C)(C)C)C3)CC1. The van der Waals surface area contributed by atoms with E-state index in [2.05, 4.69) is 29.4 Å². The summed E-state index contributed by atoms with van der Waals surface area (Å²) >= 11 is 0. The molecule has 0 radical (unpaired) electrons. The maximum absolute atomic E-state index is 12.8. The summed E-state index contributed by atoms with van der Waals surface area (Å²) in [7, 11) is 0. The van der Waals surface area contributed by atoms with Gasteiger partial charge in [-0.05, 0) is 90.4 Å². The van der Waals surface area contributed by atoms with Crippen LogP contribution < -0.4 is 10.6 Å². The molecule has 3 fully saturated rings. The molecule has 1 saturated heterocycles. The van der Waals surface area contributed by atoms with Crippen LogP contribution in [0.25, 0.3) is 0 Å². The Kier molecular flexibility index (Phi) is 6.15. The van der Waals surface area contributed by atoms with Crippen molar-refractivity contribution in [2.24, 2.45) is 17.3 Å². The first-order chi connectivity index (χ1) is 13.0. The van der Waals surface area contributed by atoms with Crippen molar-refractivity contribution in [3.05, 3.63) is 0 Å². The molecule has 2 saturated carbocycles. The van der Waals surface area contributed by atoms with Gasteiger partial charge in [-0.1, -0.05) is 6.92 Å². The molecule has 3 rings (SSSR count). The van der Waals surface area contributed by atoms with Crippen molar-refractivity contribution in [3.63, 3.8) is 0 Å². The van der Waals surface area contributed by atoms with Crippen LogP contribution in [0.2, 0.25) is 0 Å². The van der Waals surface area contributed by atoms with Crippen molar-refractivity contribution in [2.75, 3.05) is 19.6 Å². The molecule has 0 atom stereocenters. The van der Waals surface area contributed by atoms with E-state index in [1.165, 1.54) is 12.8 Å². The average Bonchev–Trinajstić information content (AvgIpc) is 2.55. The van der Waals surface area contributed by atoms with Crippen molar-refractivity contribution in [2.45, 2.75) is 97.1 Å². The molecule has 3 aliphatic rings. The van der Waals surface area contributed by atoms with Crippen molar-refractivity contribution in [3.8, 4) is 0 Å². The summed E-state index contributed by atoms with van der Waals surface area (Å²) in [6.45, 7) is 13.1. The zero-order valence-corrected chi connectivity index (χ0v) is 18.7. The summed E-state index contributed by atoms with van der Waals surface area (Å²) in [6, 6.07) is 0. The minimum atomic E-state index is -0.169. The summed E-state index contributed by atoms with van der Waals surface area (Å²) in [5, 5.41) is 6.45.